The number of amides is 2. The van der Waals surface area contributed by atoms with Crippen molar-refractivity contribution in [3.05, 3.63) is 29.1 Å². The Morgan fingerprint density at radius 3 is 2.68 bits per heavy atom. The molecule has 3 heterocycles. The third kappa shape index (κ3) is 4.07. The van der Waals surface area contributed by atoms with E-state index in [-0.39, 0.29) is 29.8 Å². The molecular formula is C19H29N7O2. The number of aryl methyl sites for hydroxylation is 2. The van der Waals surface area contributed by atoms with Crippen LogP contribution in [0.5, 0.6) is 0 Å². The third-order valence-corrected chi connectivity index (χ3v) is 5.07. The van der Waals surface area contributed by atoms with E-state index < -0.39 is 0 Å². The van der Waals surface area contributed by atoms with E-state index in [1.165, 1.54) is 0 Å². The standard InChI is InChI=1S/C19H29N7O2/c1-6-26-12(4)15(9-20-26)19(28)25-10-14(22-17(27)7-11(2)3)8-16(25)18-21-13(5)23-24-18/h9,11,14,16H,6-8,10H2,1-5H3,(H,22,27)(H,21,23,24)/t14-,16-/m0/s1. The number of carbonyl (C=O) groups excluding carboxylic acids is 2. The van der Waals surface area contributed by atoms with Gasteiger partial charge in [-0.25, -0.2) is 4.98 Å². The van der Waals surface area contributed by atoms with E-state index in [4.69, 9.17) is 0 Å². The summed E-state index contributed by atoms with van der Waals surface area (Å²) in [6, 6.07) is -0.410. The first-order valence-electron chi connectivity index (χ1n) is 9.81. The maximum atomic E-state index is 13.3. The van der Waals surface area contributed by atoms with Crippen molar-refractivity contribution in [2.24, 2.45) is 5.92 Å². The van der Waals surface area contributed by atoms with Gasteiger partial charge in [-0.15, -0.1) is 0 Å². The van der Waals surface area contributed by atoms with Crippen LogP contribution in [0.3, 0.4) is 0 Å². The fourth-order valence-corrected chi connectivity index (χ4v) is 3.71. The molecule has 2 N–H and O–H groups in total. The minimum atomic E-state index is -0.286. The maximum absolute atomic E-state index is 13.3. The van der Waals surface area contributed by atoms with Crippen LogP contribution >= 0.6 is 0 Å². The smallest absolute Gasteiger partial charge is 0.258 e. The van der Waals surface area contributed by atoms with Crippen molar-refractivity contribution < 1.29 is 9.59 Å². The van der Waals surface area contributed by atoms with Crippen LogP contribution < -0.4 is 5.32 Å². The molecule has 0 saturated carbocycles. The van der Waals surface area contributed by atoms with Gasteiger partial charge in [-0.2, -0.15) is 10.2 Å². The Hall–Kier alpha value is -2.71. The van der Waals surface area contributed by atoms with Crippen LogP contribution in [0.25, 0.3) is 0 Å². The Morgan fingerprint density at radius 1 is 1.36 bits per heavy atom. The zero-order valence-electron chi connectivity index (χ0n) is 17.2. The molecule has 0 bridgehead atoms. The fourth-order valence-electron chi connectivity index (χ4n) is 3.71. The lowest BCUT2D eigenvalue weighted by atomic mass is 10.1. The lowest BCUT2D eigenvalue weighted by Crippen LogP contribution is -2.39. The van der Waals surface area contributed by atoms with E-state index in [1.54, 1.807) is 15.8 Å². The summed E-state index contributed by atoms with van der Waals surface area (Å²) in [6.45, 7) is 10.9. The van der Waals surface area contributed by atoms with Gasteiger partial charge in [-0.3, -0.25) is 19.4 Å². The first kappa shape index (κ1) is 20.0. The van der Waals surface area contributed by atoms with Crippen molar-refractivity contribution in [1.82, 2.24) is 35.2 Å². The Morgan fingerprint density at radius 2 is 2.11 bits per heavy atom. The van der Waals surface area contributed by atoms with Gasteiger partial charge < -0.3 is 10.2 Å². The Balaban J connectivity index is 1.84. The number of hydrogen-bond acceptors (Lipinski definition) is 5. The SMILES string of the molecule is CCn1ncc(C(=O)N2C[C@@H](NC(=O)CC(C)C)C[C@H]2c2n[nH]c(C)n2)c1C. The summed E-state index contributed by atoms with van der Waals surface area (Å²) in [5.41, 5.74) is 1.41. The van der Waals surface area contributed by atoms with Crippen molar-refractivity contribution in [2.75, 3.05) is 6.54 Å². The molecule has 2 aromatic rings. The Kier molecular flexibility index (Phi) is 5.81. The maximum Gasteiger partial charge on any atom is 0.258 e. The predicted octanol–water partition coefficient (Wildman–Crippen LogP) is 1.76. The van der Waals surface area contributed by atoms with E-state index in [0.717, 1.165) is 5.69 Å². The van der Waals surface area contributed by atoms with Crippen molar-refractivity contribution in [3.63, 3.8) is 0 Å². The second-order valence-corrected chi connectivity index (χ2v) is 7.81. The highest BCUT2D eigenvalue weighted by molar-refractivity contribution is 5.95. The van der Waals surface area contributed by atoms with Crippen molar-refractivity contribution >= 4 is 11.8 Å². The number of H-pyrrole nitrogens is 1. The molecule has 28 heavy (non-hydrogen) atoms. The molecule has 1 aliphatic heterocycles. The molecule has 1 fully saturated rings. The van der Waals surface area contributed by atoms with Crippen LogP contribution in [0, 0.1) is 19.8 Å². The zero-order valence-corrected chi connectivity index (χ0v) is 17.2. The highest BCUT2D eigenvalue weighted by atomic mass is 16.2. The predicted molar refractivity (Wildman–Crippen MR) is 104 cm³/mol. The highest BCUT2D eigenvalue weighted by Gasteiger charge is 2.40. The number of nitrogens with zero attached hydrogens (tertiary/aromatic N) is 5. The minimum Gasteiger partial charge on any atom is -0.351 e. The van der Waals surface area contributed by atoms with Gasteiger partial charge in [0.1, 0.15) is 5.82 Å². The summed E-state index contributed by atoms with van der Waals surface area (Å²) in [5, 5.41) is 14.5. The van der Waals surface area contributed by atoms with Gasteiger partial charge in [0.15, 0.2) is 5.82 Å². The van der Waals surface area contributed by atoms with E-state index in [0.29, 0.717) is 43.1 Å². The second kappa shape index (κ2) is 8.12. The molecule has 0 aliphatic carbocycles. The summed E-state index contributed by atoms with van der Waals surface area (Å²) >= 11 is 0. The molecule has 2 aromatic heterocycles. The average Bonchev–Trinajstić information content (AvgIpc) is 3.32. The van der Waals surface area contributed by atoms with Crippen molar-refractivity contribution in [1.29, 1.82) is 0 Å². The largest absolute Gasteiger partial charge is 0.351 e. The molecule has 1 saturated heterocycles. The van der Waals surface area contributed by atoms with Crippen LogP contribution in [0.1, 0.15) is 67.4 Å². The number of hydrogen-bond donors (Lipinski definition) is 2. The van der Waals surface area contributed by atoms with Gasteiger partial charge in [0, 0.05) is 31.2 Å². The van der Waals surface area contributed by atoms with Gasteiger partial charge in [-0.1, -0.05) is 13.8 Å². The van der Waals surface area contributed by atoms with E-state index in [1.807, 2.05) is 34.6 Å². The lowest BCUT2D eigenvalue weighted by Gasteiger charge is -2.22. The summed E-state index contributed by atoms with van der Waals surface area (Å²) in [5.74, 6) is 1.46. The normalized spacial score (nSPS) is 19.4. The summed E-state index contributed by atoms with van der Waals surface area (Å²) < 4.78 is 1.80. The summed E-state index contributed by atoms with van der Waals surface area (Å²) in [4.78, 5) is 31.7. The molecule has 2 atom stereocenters. The monoisotopic (exact) mass is 387 g/mol. The molecule has 152 valence electrons. The Bertz CT molecular complexity index is 854. The zero-order chi connectivity index (χ0) is 20.4. The molecule has 9 heteroatoms. The first-order valence-corrected chi connectivity index (χ1v) is 9.81. The third-order valence-electron chi connectivity index (χ3n) is 5.07. The van der Waals surface area contributed by atoms with E-state index in [9.17, 15) is 9.59 Å². The van der Waals surface area contributed by atoms with Crippen molar-refractivity contribution in [2.45, 2.75) is 66.1 Å². The van der Waals surface area contributed by atoms with Crippen LogP contribution in [-0.2, 0) is 11.3 Å². The molecule has 0 unspecified atom stereocenters. The van der Waals surface area contributed by atoms with Crippen LogP contribution in [0.2, 0.25) is 0 Å². The first-order chi connectivity index (χ1) is 13.3. The van der Waals surface area contributed by atoms with Gasteiger partial charge in [0.05, 0.1) is 17.8 Å². The van der Waals surface area contributed by atoms with Gasteiger partial charge in [-0.05, 0) is 33.1 Å². The molecule has 1 aliphatic rings. The number of carbonyl (C=O) groups is 2. The fraction of sp³-hybridized carbons (Fsp3) is 0.632. The van der Waals surface area contributed by atoms with Crippen LogP contribution in [-0.4, -0.2) is 54.3 Å². The number of likely N-dealkylation sites (tertiary alicyclic amines) is 1. The van der Waals surface area contributed by atoms with Gasteiger partial charge in [0.2, 0.25) is 5.91 Å². The average molecular weight is 387 g/mol. The summed E-state index contributed by atoms with van der Waals surface area (Å²) in [6.07, 6.45) is 2.68. The highest BCUT2D eigenvalue weighted by Crippen LogP contribution is 2.32. The van der Waals surface area contributed by atoms with Gasteiger partial charge >= 0.3 is 0 Å². The lowest BCUT2D eigenvalue weighted by molar-refractivity contribution is -0.122. The molecule has 2 amide bonds. The Labute approximate surface area is 164 Å². The van der Waals surface area contributed by atoms with Crippen LogP contribution in [0.4, 0.5) is 0 Å². The van der Waals surface area contributed by atoms with E-state index >= 15 is 0 Å². The number of aromatic amines is 1. The summed E-state index contributed by atoms with van der Waals surface area (Å²) in [7, 11) is 0. The quantitative estimate of drug-likeness (QED) is 0.785. The van der Waals surface area contributed by atoms with E-state index in [2.05, 4.69) is 25.6 Å². The molecule has 0 radical (unpaired) electrons. The number of rotatable bonds is 6. The minimum absolute atomic E-state index is 0.00852. The molecule has 0 spiro atoms. The van der Waals surface area contributed by atoms with Crippen molar-refractivity contribution in [3.8, 4) is 0 Å². The topological polar surface area (TPSA) is 109 Å². The molecular weight excluding hydrogens is 358 g/mol. The molecule has 9 nitrogen and oxygen atoms in total. The number of aromatic nitrogens is 5. The molecule has 0 aromatic carbocycles. The second-order valence-electron chi connectivity index (χ2n) is 7.81. The number of nitrogens with one attached hydrogen (secondary N) is 2. The van der Waals surface area contributed by atoms with Gasteiger partial charge in [0.25, 0.3) is 5.91 Å². The van der Waals surface area contributed by atoms with Crippen LogP contribution in [0.15, 0.2) is 6.20 Å². The molecule has 3 rings (SSSR count).